The number of halogens is 1. The third-order valence-corrected chi connectivity index (χ3v) is 5.92. The van der Waals surface area contributed by atoms with Crippen molar-refractivity contribution in [2.24, 2.45) is 5.92 Å². The zero-order chi connectivity index (χ0) is 21.4. The normalized spacial score (nSPS) is 21.4. The number of pyridine rings is 1. The van der Waals surface area contributed by atoms with Crippen LogP contribution in [0.15, 0.2) is 17.1 Å². The zero-order valence-electron chi connectivity index (χ0n) is 16.6. The van der Waals surface area contributed by atoms with Crippen molar-refractivity contribution in [2.45, 2.75) is 37.8 Å². The van der Waals surface area contributed by atoms with Crippen molar-refractivity contribution in [1.82, 2.24) is 9.88 Å². The number of ether oxygens (including phenoxy) is 1. The Bertz CT molecular complexity index is 1060. The number of aldehydes is 1. The third-order valence-electron chi connectivity index (χ3n) is 5.92. The molecule has 1 aliphatic heterocycles. The second-order valence-electron chi connectivity index (χ2n) is 7.88. The van der Waals surface area contributed by atoms with Crippen LogP contribution in [0, 0.1) is 11.7 Å². The monoisotopic (exact) mass is 417 g/mol. The van der Waals surface area contributed by atoms with E-state index in [1.54, 1.807) is 4.57 Å². The van der Waals surface area contributed by atoms with Gasteiger partial charge < -0.3 is 29.8 Å². The van der Waals surface area contributed by atoms with Gasteiger partial charge in [0, 0.05) is 18.8 Å². The number of aromatic carboxylic acids is 1. The highest BCUT2D eigenvalue weighted by Gasteiger charge is 2.31. The van der Waals surface area contributed by atoms with Crippen molar-refractivity contribution in [2.75, 3.05) is 25.5 Å². The van der Waals surface area contributed by atoms with Crippen LogP contribution in [0.4, 0.5) is 10.1 Å². The number of hydrogen-bond acceptors (Lipinski definition) is 6. The van der Waals surface area contributed by atoms with Gasteiger partial charge in [-0.1, -0.05) is 0 Å². The molecular formula is C21H24FN3O5. The van der Waals surface area contributed by atoms with E-state index in [2.05, 4.69) is 10.6 Å². The van der Waals surface area contributed by atoms with Crippen LogP contribution in [0.25, 0.3) is 10.9 Å². The van der Waals surface area contributed by atoms with Crippen molar-refractivity contribution in [1.29, 1.82) is 0 Å². The van der Waals surface area contributed by atoms with Gasteiger partial charge in [-0.2, -0.15) is 0 Å². The number of nitrogens with one attached hydrogen (secondary N) is 2. The summed E-state index contributed by atoms with van der Waals surface area (Å²) in [5.74, 6) is -1.89. The summed E-state index contributed by atoms with van der Waals surface area (Å²) in [6.07, 6.45) is 5.63. The number of benzene rings is 1. The van der Waals surface area contributed by atoms with E-state index in [1.807, 2.05) is 0 Å². The lowest BCUT2D eigenvalue weighted by molar-refractivity contribution is -0.111. The molecule has 2 fully saturated rings. The molecule has 0 bridgehead atoms. The molecule has 3 N–H and O–H groups in total. The number of carbonyl (C=O) groups is 2. The molecule has 0 amide bonds. The molecule has 1 aromatic carbocycles. The molecule has 2 atom stereocenters. The van der Waals surface area contributed by atoms with Crippen molar-refractivity contribution < 1.29 is 23.8 Å². The van der Waals surface area contributed by atoms with Crippen LogP contribution in [0.1, 0.15) is 42.1 Å². The number of aromatic nitrogens is 1. The number of fused-ring (bicyclic) bond motifs is 1. The second-order valence-corrected chi connectivity index (χ2v) is 7.88. The number of piperidine rings is 1. The fraction of sp³-hybridized carbons (Fsp3) is 0.476. The quantitative estimate of drug-likeness (QED) is 0.592. The molecule has 160 valence electrons. The minimum atomic E-state index is -1.34. The van der Waals surface area contributed by atoms with Crippen LogP contribution in [0.2, 0.25) is 0 Å². The summed E-state index contributed by atoms with van der Waals surface area (Å²) in [6, 6.07) is 0.813. The Morgan fingerprint density at radius 3 is 2.83 bits per heavy atom. The van der Waals surface area contributed by atoms with Crippen LogP contribution < -0.4 is 20.8 Å². The summed E-state index contributed by atoms with van der Waals surface area (Å²) >= 11 is 0. The fourth-order valence-corrected chi connectivity index (χ4v) is 4.21. The van der Waals surface area contributed by atoms with Crippen molar-refractivity contribution in [3.05, 3.63) is 33.9 Å². The average molecular weight is 417 g/mol. The number of rotatable bonds is 7. The lowest BCUT2D eigenvalue weighted by atomic mass is 9.91. The van der Waals surface area contributed by atoms with E-state index in [1.165, 1.54) is 13.3 Å². The van der Waals surface area contributed by atoms with Gasteiger partial charge in [0.25, 0.3) is 0 Å². The lowest BCUT2D eigenvalue weighted by Crippen LogP contribution is -2.45. The first-order chi connectivity index (χ1) is 14.5. The maximum Gasteiger partial charge on any atom is 0.341 e. The van der Waals surface area contributed by atoms with Crippen LogP contribution in [0.5, 0.6) is 5.75 Å². The Kier molecular flexibility index (Phi) is 5.46. The van der Waals surface area contributed by atoms with Gasteiger partial charge in [-0.25, -0.2) is 9.18 Å². The van der Waals surface area contributed by atoms with Gasteiger partial charge in [-0.3, -0.25) is 4.79 Å². The highest BCUT2D eigenvalue weighted by atomic mass is 19.1. The van der Waals surface area contributed by atoms with Crippen LogP contribution in [-0.4, -0.2) is 48.2 Å². The molecule has 1 saturated heterocycles. The van der Waals surface area contributed by atoms with Crippen molar-refractivity contribution in [3.63, 3.8) is 0 Å². The summed E-state index contributed by atoms with van der Waals surface area (Å²) in [6.45, 7) is 1.13. The fourth-order valence-electron chi connectivity index (χ4n) is 4.21. The van der Waals surface area contributed by atoms with E-state index >= 15 is 4.39 Å². The summed E-state index contributed by atoms with van der Waals surface area (Å²) in [5.41, 5.74) is -0.640. The Hall–Kier alpha value is -2.94. The maximum absolute atomic E-state index is 15.0. The molecule has 2 aliphatic rings. The first kappa shape index (κ1) is 20.3. The molecule has 1 aromatic heterocycles. The molecule has 30 heavy (non-hydrogen) atoms. The van der Waals surface area contributed by atoms with E-state index in [0.29, 0.717) is 12.1 Å². The largest absolute Gasteiger partial charge is 0.492 e. The second kappa shape index (κ2) is 8.06. The Morgan fingerprint density at radius 2 is 2.20 bits per heavy atom. The topological polar surface area (TPSA) is 110 Å². The van der Waals surface area contributed by atoms with Gasteiger partial charge >= 0.3 is 5.97 Å². The number of nitrogens with zero attached hydrogens (tertiary/aromatic N) is 1. The van der Waals surface area contributed by atoms with E-state index in [-0.39, 0.29) is 34.8 Å². The standard InChI is InChI=1S/C21H24FN3O5/c1-30-20-17(24-8-11-3-2-6-23-16(11)10-26)15(22)7-13-18(20)25(12-4-5-12)9-14(19(13)27)21(28)29/h7,9-12,16,23-24H,2-6,8H2,1H3,(H,28,29)/t11-,16+/m0/s1. The number of hydrogen-bond donors (Lipinski definition) is 3. The zero-order valence-corrected chi connectivity index (χ0v) is 16.6. The van der Waals surface area contributed by atoms with Crippen molar-refractivity contribution >= 4 is 28.8 Å². The Balaban J connectivity index is 1.81. The molecule has 2 heterocycles. The number of methoxy groups -OCH3 is 1. The maximum atomic E-state index is 15.0. The van der Waals surface area contributed by atoms with E-state index in [4.69, 9.17) is 4.74 Å². The molecule has 0 unspecified atom stereocenters. The summed E-state index contributed by atoms with van der Waals surface area (Å²) in [7, 11) is 1.39. The molecular weight excluding hydrogens is 393 g/mol. The molecule has 1 aliphatic carbocycles. The summed E-state index contributed by atoms with van der Waals surface area (Å²) in [5, 5.41) is 15.6. The lowest BCUT2D eigenvalue weighted by Gasteiger charge is -2.29. The highest BCUT2D eigenvalue weighted by molar-refractivity contribution is 5.97. The first-order valence-corrected chi connectivity index (χ1v) is 10.1. The molecule has 9 heteroatoms. The smallest absolute Gasteiger partial charge is 0.341 e. The molecule has 0 spiro atoms. The van der Waals surface area contributed by atoms with Crippen LogP contribution >= 0.6 is 0 Å². The summed E-state index contributed by atoms with van der Waals surface area (Å²) < 4.78 is 22.3. The Morgan fingerprint density at radius 1 is 1.43 bits per heavy atom. The molecule has 1 saturated carbocycles. The number of anilines is 1. The number of carboxylic acid groups (broad SMARTS) is 1. The predicted octanol–water partition coefficient (Wildman–Crippen LogP) is 2.16. The minimum absolute atomic E-state index is 0.00364. The predicted molar refractivity (Wildman–Crippen MR) is 109 cm³/mol. The first-order valence-electron chi connectivity index (χ1n) is 10.1. The van der Waals surface area contributed by atoms with Crippen molar-refractivity contribution in [3.8, 4) is 5.75 Å². The van der Waals surface area contributed by atoms with Gasteiger partial charge in [-0.15, -0.1) is 0 Å². The van der Waals surface area contributed by atoms with Gasteiger partial charge in [0.15, 0.2) is 11.6 Å². The summed E-state index contributed by atoms with van der Waals surface area (Å²) in [4.78, 5) is 35.5. The van der Waals surface area contributed by atoms with Gasteiger partial charge in [-0.05, 0) is 44.2 Å². The van der Waals surface area contributed by atoms with Gasteiger partial charge in [0.1, 0.15) is 17.5 Å². The van der Waals surface area contributed by atoms with E-state index in [0.717, 1.165) is 44.6 Å². The van der Waals surface area contributed by atoms with E-state index in [9.17, 15) is 19.5 Å². The SMILES string of the molecule is COc1c(NC[C@@H]2CCCN[C@@H]2C=O)c(F)cc2c(=O)c(C(=O)O)cn(C3CC3)c12. The van der Waals surface area contributed by atoms with Crippen LogP contribution in [0.3, 0.4) is 0 Å². The molecule has 0 radical (unpaired) electrons. The number of carbonyl (C=O) groups excluding carboxylic acids is 1. The van der Waals surface area contributed by atoms with E-state index < -0.39 is 22.8 Å². The third kappa shape index (κ3) is 3.54. The molecule has 2 aromatic rings. The Labute approximate surface area is 172 Å². The number of carboxylic acids is 1. The molecule has 8 nitrogen and oxygen atoms in total. The van der Waals surface area contributed by atoms with Crippen LogP contribution in [-0.2, 0) is 4.79 Å². The minimum Gasteiger partial charge on any atom is -0.492 e. The highest BCUT2D eigenvalue weighted by Crippen LogP contribution is 2.42. The van der Waals surface area contributed by atoms with Gasteiger partial charge in [0.05, 0.1) is 24.1 Å². The average Bonchev–Trinajstić information content (AvgIpc) is 3.58. The van der Waals surface area contributed by atoms with Gasteiger partial charge in [0.2, 0.25) is 5.43 Å². The molecule has 4 rings (SSSR count).